The molecular weight excluding hydrogens is 267 g/mol. The number of benzene rings is 1. The van der Waals surface area contributed by atoms with E-state index in [9.17, 15) is 9.18 Å². The van der Waals surface area contributed by atoms with Gasteiger partial charge in [0.05, 0.1) is 0 Å². The molecular formula is C18H25FO2. The highest BCUT2D eigenvalue weighted by atomic mass is 19.1. The van der Waals surface area contributed by atoms with Gasteiger partial charge in [0.25, 0.3) is 0 Å². The minimum atomic E-state index is -0.890. The Kier molecular flexibility index (Phi) is 6.60. The van der Waals surface area contributed by atoms with Crippen LogP contribution in [0.4, 0.5) is 4.39 Å². The third-order valence-electron chi connectivity index (χ3n) is 3.51. The molecule has 0 amide bonds. The second-order valence-corrected chi connectivity index (χ2v) is 5.67. The van der Waals surface area contributed by atoms with E-state index in [-0.39, 0.29) is 0 Å². The summed E-state index contributed by atoms with van der Waals surface area (Å²) in [4.78, 5) is 11.9. The molecule has 0 heterocycles. The van der Waals surface area contributed by atoms with E-state index in [0.29, 0.717) is 17.7 Å². The van der Waals surface area contributed by atoms with Gasteiger partial charge in [-0.2, -0.15) is 4.39 Å². The molecule has 1 aromatic rings. The lowest BCUT2D eigenvalue weighted by Crippen LogP contribution is -2.12. The molecule has 0 aliphatic rings. The maximum atomic E-state index is 14.1. The topological polar surface area (TPSA) is 26.3 Å². The van der Waals surface area contributed by atoms with Crippen LogP contribution in [0.5, 0.6) is 5.75 Å². The molecule has 0 atom stereocenters. The lowest BCUT2D eigenvalue weighted by atomic mass is 10.1. The second-order valence-electron chi connectivity index (χ2n) is 5.67. The van der Waals surface area contributed by atoms with Crippen molar-refractivity contribution >= 4 is 5.97 Å². The average Bonchev–Trinajstić information content (AvgIpc) is 2.41. The summed E-state index contributed by atoms with van der Waals surface area (Å²) in [5.74, 6) is -1.19. The summed E-state index contributed by atoms with van der Waals surface area (Å²) in [7, 11) is 0. The van der Waals surface area contributed by atoms with E-state index in [1.165, 1.54) is 0 Å². The quantitative estimate of drug-likeness (QED) is 0.306. The summed E-state index contributed by atoms with van der Waals surface area (Å²) in [6.07, 6.45) is 3.60. The van der Waals surface area contributed by atoms with Crippen LogP contribution in [0.2, 0.25) is 0 Å². The highest BCUT2D eigenvalue weighted by Gasteiger charge is 2.17. The van der Waals surface area contributed by atoms with Crippen molar-refractivity contribution in [2.24, 2.45) is 0 Å². The standard InChI is InChI=1S/C18H25FO2/c1-6-7-8-9-13(3)16(19)18(20)21-17-14(4)10-12(2)11-15(17)5/h10-11H,6-9H2,1-5H3/b16-13-. The van der Waals surface area contributed by atoms with Crippen LogP contribution in [0.1, 0.15) is 56.2 Å². The number of allylic oxidation sites excluding steroid dienone is 1. The van der Waals surface area contributed by atoms with Crippen LogP contribution in [-0.4, -0.2) is 5.97 Å². The molecule has 0 unspecified atom stereocenters. The molecule has 2 nitrogen and oxygen atoms in total. The van der Waals surface area contributed by atoms with Crippen molar-refractivity contribution in [3.8, 4) is 5.75 Å². The Morgan fingerprint density at radius 1 is 1.14 bits per heavy atom. The first-order valence-corrected chi connectivity index (χ1v) is 7.52. The monoisotopic (exact) mass is 292 g/mol. The van der Waals surface area contributed by atoms with Gasteiger partial charge in [-0.15, -0.1) is 0 Å². The van der Waals surface area contributed by atoms with E-state index >= 15 is 0 Å². The minimum absolute atomic E-state index is 0.460. The smallest absolute Gasteiger partial charge is 0.372 e. The van der Waals surface area contributed by atoms with E-state index in [2.05, 4.69) is 6.92 Å². The molecule has 1 rings (SSSR count). The number of hydrogen-bond donors (Lipinski definition) is 0. The Balaban J connectivity index is 2.83. The van der Waals surface area contributed by atoms with Crippen LogP contribution < -0.4 is 4.74 Å². The van der Waals surface area contributed by atoms with Gasteiger partial charge in [0.1, 0.15) is 5.75 Å². The molecule has 0 radical (unpaired) electrons. The fraction of sp³-hybridized carbons (Fsp3) is 0.500. The summed E-state index contributed by atoms with van der Waals surface area (Å²) in [6.45, 7) is 9.44. The molecule has 0 N–H and O–H groups in total. The normalized spacial score (nSPS) is 12.1. The number of esters is 1. The van der Waals surface area contributed by atoms with Crippen molar-refractivity contribution in [2.45, 2.75) is 60.3 Å². The molecule has 0 aliphatic carbocycles. The Morgan fingerprint density at radius 2 is 1.71 bits per heavy atom. The Labute approximate surface area is 127 Å². The van der Waals surface area contributed by atoms with Gasteiger partial charge < -0.3 is 4.74 Å². The minimum Gasteiger partial charge on any atom is -0.421 e. The molecule has 0 spiro atoms. The number of aryl methyl sites for hydroxylation is 3. The molecule has 0 fully saturated rings. The molecule has 116 valence electrons. The number of carbonyl (C=O) groups excluding carboxylic acids is 1. The van der Waals surface area contributed by atoms with Crippen LogP contribution in [0.25, 0.3) is 0 Å². The van der Waals surface area contributed by atoms with Gasteiger partial charge >= 0.3 is 5.97 Å². The molecule has 0 saturated heterocycles. The first kappa shape index (κ1) is 17.4. The highest BCUT2D eigenvalue weighted by molar-refractivity contribution is 5.89. The van der Waals surface area contributed by atoms with Gasteiger partial charge in [0, 0.05) is 0 Å². The largest absolute Gasteiger partial charge is 0.421 e. The fourth-order valence-corrected chi connectivity index (χ4v) is 2.39. The van der Waals surface area contributed by atoms with Crippen molar-refractivity contribution in [2.75, 3.05) is 0 Å². The van der Waals surface area contributed by atoms with Crippen LogP contribution in [0.15, 0.2) is 23.5 Å². The van der Waals surface area contributed by atoms with Crippen LogP contribution in [0.3, 0.4) is 0 Å². The zero-order valence-electron chi connectivity index (χ0n) is 13.7. The second kappa shape index (κ2) is 7.96. The maximum absolute atomic E-state index is 14.1. The molecule has 3 heteroatoms. The number of unbranched alkanes of at least 4 members (excludes halogenated alkanes) is 2. The molecule has 1 aromatic carbocycles. The number of rotatable bonds is 6. The highest BCUT2D eigenvalue weighted by Crippen LogP contribution is 2.26. The number of ether oxygens (including phenoxy) is 1. The third-order valence-corrected chi connectivity index (χ3v) is 3.51. The average molecular weight is 292 g/mol. The lowest BCUT2D eigenvalue weighted by molar-refractivity contribution is -0.131. The van der Waals surface area contributed by atoms with Crippen LogP contribution in [-0.2, 0) is 4.79 Å². The Morgan fingerprint density at radius 3 is 2.24 bits per heavy atom. The predicted molar refractivity (Wildman–Crippen MR) is 84.2 cm³/mol. The third kappa shape index (κ3) is 5.00. The molecule has 0 saturated carbocycles. The van der Waals surface area contributed by atoms with E-state index in [0.717, 1.165) is 36.0 Å². The first-order chi connectivity index (χ1) is 9.86. The first-order valence-electron chi connectivity index (χ1n) is 7.52. The van der Waals surface area contributed by atoms with Gasteiger partial charge in [0.2, 0.25) is 5.83 Å². The van der Waals surface area contributed by atoms with Gasteiger partial charge in [-0.25, -0.2) is 4.79 Å². The zero-order valence-corrected chi connectivity index (χ0v) is 13.7. The Bertz CT molecular complexity index is 521. The Hall–Kier alpha value is -1.64. The SMILES string of the molecule is CCCCC/C(C)=C(\F)C(=O)Oc1c(C)cc(C)cc1C. The van der Waals surface area contributed by atoms with Crippen molar-refractivity contribution < 1.29 is 13.9 Å². The summed E-state index contributed by atoms with van der Waals surface area (Å²) in [6, 6.07) is 3.84. The summed E-state index contributed by atoms with van der Waals surface area (Å²) in [5.41, 5.74) is 3.25. The molecule has 0 bridgehead atoms. The fourth-order valence-electron chi connectivity index (χ4n) is 2.39. The zero-order chi connectivity index (χ0) is 16.0. The summed E-state index contributed by atoms with van der Waals surface area (Å²) < 4.78 is 19.3. The van der Waals surface area contributed by atoms with E-state index in [4.69, 9.17) is 4.74 Å². The van der Waals surface area contributed by atoms with Crippen molar-refractivity contribution in [1.82, 2.24) is 0 Å². The van der Waals surface area contributed by atoms with Crippen LogP contribution >= 0.6 is 0 Å². The summed E-state index contributed by atoms with van der Waals surface area (Å²) in [5, 5.41) is 0. The van der Waals surface area contributed by atoms with Crippen molar-refractivity contribution in [3.63, 3.8) is 0 Å². The van der Waals surface area contributed by atoms with Crippen molar-refractivity contribution in [3.05, 3.63) is 40.2 Å². The maximum Gasteiger partial charge on any atom is 0.372 e. The number of carbonyl (C=O) groups is 1. The van der Waals surface area contributed by atoms with Crippen LogP contribution in [0, 0.1) is 20.8 Å². The van der Waals surface area contributed by atoms with E-state index in [1.807, 2.05) is 32.9 Å². The summed E-state index contributed by atoms with van der Waals surface area (Å²) >= 11 is 0. The lowest BCUT2D eigenvalue weighted by Gasteiger charge is -2.11. The number of halogens is 1. The molecule has 0 aromatic heterocycles. The number of hydrogen-bond acceptors (Lipinski definition) is 2. The van der Waals surface area contributed by atoms with Gasteiger partial charge in [0.15, 0.2) is 0 Å². The predicted octanol–water partition coefficient (Wildman–Crippen LogP) is 5.34. The van der Waals surface area contributed by atoms with Gasteiger partial charge in [-0.1, -0.05) is 37.5 Å². The van der Waals surface area contributed by atoms with E-state index in [1.54, 1.807) is 6.92 Å². The van der Waals surface area contributed by atoms with E-state index < -0.39 is 11.8 Å². The molecule has 21 heavy (non-hydrogen) atoms. The van der Waals surface area contributed by atoms with Gasteiger partial charge in [-0.3, -0.25) is 0 Å². The van der Waals surface area contributed by atoms with Crippen molar-refractivity contribution in [1.29, 1.82) is 0 Å². The van der Waals surface area contributed by atoms with Gasteiger partial charge in [-0.05, 0) is 57.2 Å². The molecule has 0 aliphatic heterocycles.